The lowest BCUT2D eigenvalue weighted by Crippen LogP contribution is -2.37. The molecule has 0 spiro atoms. The first kappa shape index (κ1) is 15.3. The van der Waals surface area contributed by atoms with Gasteiger partial charge in [0.1, 0.15) is 0 Å². The van der Waals surface area contributed by atoms with Crippen LogP contribution < -0.4 is 15.4 Å². The highest BCUT2D eigenvalue weighted by atomic mass is 32.2. The summed E-state index contributed by atoms with van der Waals surface area (Å²) < 4.78 is 25.9. The van der Waals surface area contributed by atoms with Gasteiger partial charge in [-0.05, 0) is 24.3 Å². The van der Waals surface area contributed by atoms with Crippen molar-refractivity contribution in [2.45, 2.75) is 17.9 Å². The number of nitrogens with one attached hydrogen (secondary N) is 3. The summed E-state index contributed by atoms with van der Waals surface area (Å²) >= 11 is 1.67. The Balaban J connectivity index is 2.03. The van der Waals surface area contributed by atoms with Crippen LogP contribution in [0.4, 0.5) is 5.69 Å². The molecule has 1 fully saturated rings. The Kier molecular flexibility index (Phi) is 5.03. The lowest BCUT2D eigenvalue weighted by atomic mass is 10.2. The second kappa shape index (κ2) is 6.57. The van der Waals surface area contributed by atoms with Gasteiger partial charge in [0.15, 0.2) is 0 Å². The van der Waals surface area contributed by atoms with E-state index in [0.29, 0.717) is 12.2 Å². The summed E-state index contributed by atoms with van der Waals surface area (Å²) in [6, 6.07) is 5.94. The molecule has 1 atom stereocenters. The zero-order valence-corrected chi connectivity index (χ0v) is 12.7. The van der Waals surface area contributed by atoms with E-state index in [-0.39, 0.29) is 16.8 Å². The van der Waals surface area contributed by atoms with Gasteiger partial charge in [-0.2, -0.15) is 0 Å². The average molecular weight is 315 g/mol. The van der Waals surface area contributed by atoms with E-state index in [9.17, 15) is 13.2 Å². The molecule has 1 unspecified atom stereocenters. The number of sulfonamides is 1. The number of benzene rings is 1. The number of hydrogen-bond acceptors (Lipinski definition) is 5. The van der Waals surface area contributed by atoms with Gasteiger partial charge in [0.2, 0.25) is 15.9 Å². The maximum atomic E-state index is 11.9. The molecule has 1 aliphatic rings. The largest absolute Gasteiger partial charge is 0.325 e. The monoisotopic (exact) mass is 315 g/mol. The first-order valence-corrected chi connectivity index (χ1v) is 8.88. The summed E-state index contributed by atoms with van der Waals surface area (Å²) in [5.74, 6) is 1.42. The molecule has 1 aliphatic heterocycles. The van der Waals surface area contributed by atoms with Crippen molar-refractivity contribution in [2.75, 3.05) is 23.5 Å². The van der Waals surface area contributed by atoms with Crippen molar-refractivity contribution in [3.05, 3.63) is 24.3 Å². The van der Waals surface area contributed by atoms with Crippen molar-refractivity contribution in [3.63, 3.8) is 0 Å². The van der Waals surface area contributed by atoms with Crippen molar-refractivity contribution >= 4 is 33.4 Å². The van der Waals surface area contributed by atoms with Gasteiger partial charge in [0.25, 0.3) is 0 Å². The van der Waals surface area contributed by atoms with Gasteiger partial charge in [-0.3, -0.25) is 10.1 Å². The maximum Gasteiger partial charge on any atom is 0.242 e. The molecule has 1 saturated heterocycles. The van der Waals surface area contributed by atoms with Gasteiger partial charge in [0, 0.05) is 23.9 Å². The van der Waals surface area contributed by atoms with Crippen LogP contribution in [0.1, 0.15) is 6.92 Å². The van der Waals surface area contributed by atoms with Crippen LogP contribution >= 0.6 is 11.8 Å². The number of amides is 1. The molecule has 8 heteroatoms. The Morgan fingerprint density at radius 1 is 1.40 bits per heavy atom. The molecule has 0 aromatic heterocycles. The van der Waals surface area contributed by atoms with Crippen molar-refractivity contribution in [2.24, 2.45) is 0 Å². The minimum atomic E-state index is -3.45. The molecule has 0 radical (unpaired) electrons. The molecular weight excluding hydrogens is 298 g/mol. The topological polar surface area (TPSA) is 87.3 Å². The van der Waals surface area contributed by atoms with Gasteiger partial charge < -0.3 is 5.32 Å². The molecule has 110 valence electrons. The summed E-state index contributed by atoms with van der Waals surface area (Å²) in [6.45, 7) is 2.06. The molecular formula is C12H17N3O3S2. The quantitative estimate of drug-likeness (QED) is 0.740. The van der Waals surface area contributed by atoms with Crippen LogP contribution in [0.25, 0.3) is 0 Å². The highest BCUT2D eigenvalue weighted by Gasteiger charge is 2.22. The Labute approximate surface area is 122 Å². The van der Waals surface area contributed by atoms with Crippen LogP contribution in [0.5, 0.6) is 0 Å². The third-order valence-corrected chi connectivity index (χ3v) is 5.30. The van der Waals surface area contributed by atoms with Gasteiger partial charge in [0.05, 0.1) is 10.9 Å². The number of carbonyl (C=O) groups is 1. The van der Waals surface area contributed by atoms with E-state index in [1.807, 2.05) is 0 Å². The maximum absolute atomic E-state index is 11.9. The van der Waals surface area contributed by atoms with Crippen LogP contribution in [0.3, 0.4) is 0 Å². The SMILES string of the molecule is CCNS(=O)(=O)c1ccc(NC(=O)C2CSCN2)cc1. The Morgan fingerprint density at radius 2 is 2.10 bits per heavy atom. The molecule has 1 aromatic rings. The van der Waals surface area contributed by atoms with E-state index in [1.165, 1.54) is 12.1 Å². The predicted molar refractivity (Wildman–Crippen MR) is 80.2 cm³/mol. The van der Waals surface area contributed by atoms with Crippen molar-refractivity contribution in [1.82, 2.24) is 10.0 Å². The Hall–Kier alpha value is -1.09. The number of carbonyl (C=O) groups excluding carboxylic acids is 1. The normalized spacial score (nSPS) is 18.9. The molecule has 0 saturated carbocycles. The molecule has 1 amide bonds. The van der Waals surface area contributed by atoms with Crippen LogP contribution in [0.2, 0.25) is 0 Å². The zero-order valence-electron chi connectivity index (χ0n) is 11.0. The summed E-state index contributed by atoms with van der Waals surface area (Å²) in [5, 5.41) is 5.84. The highest BCUT2D eigenvalue weighted by Crippen LogP contribution is 2.16. The molecule has 2 rings (SSSR count). The lowest BCUT2D eigenvalue weighted by molar-refractivity contribution is -0.117. The summed E-state index contributed by atoms with van der Waals surface area (Å²) in [7, 11) is -3.45. The molecule has 6 nitrogen and oxygen atoms in total. The Bertz CT molecular complexity index is 566. The third kappa shape index (κ3) is 3.72. The second-order valence-corrected chi connectivity index (χ2v) is 7.08. The van der Waals surface area contributed by atoms with E-state index in [0.717, 1.165) is 11.6 Å². The van der Waals surface area contributed by atoms with Gasteiger partial charge in [-0.1, -0.05) is 6.92 Å². The van der Waals surface area contributed by atoms with Crippen LogP contribution in [0.15, 0.2) is 29.2 Å². The van der Waals surface area contributed by atoms with E-state index >= 15 is 0 Å². The molecule has 1 aromatic carbocycles. The predicted octanol–water partition coefficient (Wildman–Crippen LogP) is 0.586. The third-order valence-electron chi connectivity index (χ3n) is 2.80. The summed E-state index contributed by atoms with van der Waals surface area (Å²) in [5.41, 5.74) is 0.587. The van der Waals surface area contributed by atoms with E-state index in [2.05, 4.69) is 15.4 Å². The number of hydrogen-bond donors (Lipinski definition) is 3. The first-order chi connectivity index (χ1) is 9.53. The van der Waals surface area contributed by atoms with Gasteiger partial charge in [-0.15, -0.1) is 11.8 Å². The average Bonchev–Trinajstić information content (AvgIpc) is 2.93. The van der Waals surface area contributed by atoms with Crippen LogP contribution in [0, 0.1) is 0 Å². The van der Waals surface area contributed by atoms with Crippen molar-refractivity contribution < 1.29 is 13.2 Å². The molecule has 0 aliphatic carbocycles. The number of thioether (sulfide) groups is 1. The van der Waals surface area contributed by atoms with E-state index in [1.54, 1.807) is 30.8 Å². The molecule has 20 heavy (non-hydrogen) atoms. The number of anilines is 1. The lowest BCUT2D eigenvalue weighted by Gasteiger charge is -2.11. The molecule has 3 N–H and O–H groups in total. The minimum Gasteiger partial charge on any atom is -0.325 e. The second-order valence-electron chi connectivity index (χ2n) is 4.29. The van der Waals surface area contributed by atoms with Gasteiger partial charge in [-0.25, -0.2) is 13.1 Å². The van der Waals surface area contributed by atoms with E-state index < -0.39 is 10.0 Å². The number of rotatable bonds is 5. The fourth-order valence-corrected chi connectivity index (χ4v) is 3.77. The van der Waals surface area contributed by atoms with Gasteiger partial charge >= 0.3 is 0 Å². The fraction of sp³-hybridized carbons (Fsp3) is 0.417. The van der Waals surface area contributed by atoms with Crippen molar-refractivity contribution in [3.8, 4) is 0 Å². The smallest absolute Gasteiger partial charge is 0.242 e. The van der Waals surface area contributed by atoms with Crippen LogP contribution in [-0.4, -0.2) is 38.5 Å². The van der Waals surface area contributed by atoms with Crippen LogP contribution in [-0.2, 0) is 14.8 Å². The first-order valence-electron chi connectivity index (χ1n) is 6.24. The summed E-state index contributed by atoms with van der Waals surface area (Å²) in [6.07, 6.45) is 0. The summed E-state index contributed by atoms with van der Waals surface area (Å²) in [4.78, 5) is 12.1. The molecule has 1 heterocycles. The standard InChI is InChI=1S/C12H17N3O3S2/c1-2-14-20(17,18)10-5-3-9(4-6-10)15-12(16)11-7-19-8-13-11/h3-6,11,13-14H,2,7-8H2,1H3,(H,15,16). The molecule has 0 bridgehead atoms. The highest BCUT2D eigenvalue weighted by molar-refractivity contribution is 7.99. The Morgan fingerprint density at radius 3 is 2.65 bits per heavy atom. The van der Waals surface area contributed by atoms with E-state index in [4.69, 9.17) is 0 Å². The minimum absolute atomic E-state index is 0.0997. The fourth-order valence-electron chi connectivity index (χ4n) is 1.78. The zero-order chi connectivity index (χ0) is 14.6. The van der Waals surface area contributed by atoms with Crippen molar-refractivity contribution in [1.29, 1.82) is 0 Å².